The number of fused-ring (bicyclic) bond motifs is 1. The molecule has 182 valence electrons. The maximum atomic E-state index is 11.4. The summed E-state index contributed by atoms with van der Waals surface area (Å²) in [5.74, 6) is 1.13. The number of nitrogens with zero attached hydrogens (tertiary/aromatic N) is 3. The molecule has 1 aliphatic rings. The van der Waals surface area contributed by atoms with Crippen molar-refractivity contribution in [2.24, 2.45) is 0 Å². The first-order chi connectivity index (χ1) is 17.1. The Morgan fingerprint density at radius 3 is 2.77 bits per heavy atom. The van der Waals surface area contributed by atoms with Crippen LogP contribution in [0, 0.1) is 0 Å². The van der Waals surface area contributed by atoms with E-state index in [1.165, 1.54) is 4.88 Å². The van der Waals surface area contributed by atoms with E-state index in [1.807, 2.05) is 35.6 Å². The van der Waals surface area contributed by atoms with Gasteiger partial charge in [-0.05, 0) is 48.6 Å². The fourth-order valence-electron chi connectivity index (χ4n) is 4.20. The number of nitrogens with one attached hydrogen (secondary N) is 3. The summed E-state index contributed by atoms with van der Waals surface area (Å²) in [6.45, 7) is 3.08. The quantitative estimate of drug-likeness (QED) is 0.322. The topological polar surface area (TPSA) is 95.2 Å². The van der Waals surface area contributed by atoms with Crippen molar-refractivity contribution in [1.82, 2.24) is 25.2 Å². The van der Waals surface area contributed by atoms with E-state index in [-0.39, 0.29) is 12.5 Å². The molecule has 1 fully saturated rings. The van der Waals surface area contributed by atoms with Gasteiger partial charge in [0.05, 0.1) is 16.9 Å². The van der Waals surface area contributed by atoms with Crippen LogP contribution in [0.3, 0.4) is 0 Å². The van der Waals surface area contributed by atoms with Gasteiger partial charge in [0, 0.05) is 43.2 Å². The van der Waals surface area contributed by atoms with Crippen LogP contribution in [0.4, 0.5) is 5.69 Å². The normalized spacial score (nSPS) is 14.8. The van der Waals surface area contributed by atoms with Gasteiger partial charge in [-0.2, -0.15) is 0 Å². The Balaban J connectivity index is 1.27. The standard InChI is InChI=1S/C25H27ClN6O2S/c1-27-21(33)15-34-18-6-4-16(5-7-18)24-30-23-22(20(26)13-28-25(23)31-24)29-17-8-10-32(11-9-17)14-19-3-2-12-35-19/h2-7,12-13,17H,8-11,14-15H2,1H3,(H,27,33)(H2,28,29,30,31). The molecule has 3 aromatic heterocycles. The third-order valence-corrected chi connectivity index (χ3v) is 7.29. The van der Waals surface area contributed by atoms with Crippen LogP contribution in [-0.2, 0) is 11.3 Å². The zero-order chi connectivity index (χ0) is 24.2. The highest BCUT2D eigenvalue weighted by molar-refractivity contribution is 7.09. The van der Waals surface area contributed by atoms with Gasteiger partial charge in [-0.3, -0.25) is 9.69 Å². The van der Waals surface area contributed by atoms with Gasteiger partial charge < -0.3 is 20.4 Å². The van der Waals surface area contributed by atoms with Gasteiger partial charge in [0.1, 0.15) is 17.1 Å². The van der Waals surface area contributed by atoms with E-state index in [0.29, 0.717) is 28.3 Å². The third-order valence-electron chi connectivity index (χ3n) is 6.14. The lowest BCUT2D eigenvalue weighted by Gasteiger charge is -2.32. The van der Waals surface area contributed by atoms with Crippen LogP contribution in [0.25, 0.3) is 22.6 Å². The minimum absolute atomic E-state index is 0.0229. The lowest BCUT2D eigenvalue weighted by atomic mass is 10.0. The maximum Gasteiger partial charge on any atom is 0.257 e. The maximum absolute atomic E-state index is 11.4. The minimum Gasteiger partial charge on any atom is -0.484 e. The number of aromatic nitrogens is 3. The molecule has 1 saturated heterocycles. The van der Waals surface area contributed by atoms with Crippen LogP contribution >= 0.6 is 22.9 Å². The Bertz CT molecular complexity index is 1280. The molecule has 0 bridgehead atoms. The lowest BCUT2D eigenvalue weighted by molar-refractivity contribution is -0.122. The number of likely N-dealkylation sites (tertiary alicyclic amines) is 1. The highest BCUT2D eigenvalue weighted by Crippen LogP contribution is 2.32. The van der Waals surface area contributed by atoms with E-state index < -0.39 is 0 Å². The summed E-state index contributed by atoms with van der Waals surface area (Å²) in [6.07, 6.45) is 3.75. The number of likely N-dealkylation sites (N-methyl/N-ethyl adjacent to an activating group) is 1. The summed E-state index contributed by atoms with van der Waals surface area (Å²) in [5, 5.41) is 8.87. The molecule has 0 saturated carbocycles. The zero-order valence-electron chi connectivity index (χ0n) is 19.4. The molecular weight excluding hydrogens is 484 g/mol. The van der Waals surface area contributed by atoms with Gasteiger partial charge in [-0.1, -0.05) is 17.7 Å². The molecule has 0 atom stereocenters. The van der Waals surface area contributed by atoms with Crippen LogP contribution in [0.2, 0.25) is 5.02 Å². The number of pyridine rings is 1. The van der Waals surface area contributed by atoms with Gasteiger partial charge >= 0.3 is 0 Å². The third kappa shape index (κ3) is 5.58. The number of carbonyl (C=O) groups excluding carboxylic acids is 1. The summed E-state index contributed by atoms with van der Waals surface area (Å²) in [4.78, 5) is 27.8. The largest absolute Gasteiger partial charge is 0.484 e. The average molecular weight is 511 g/mol. The van der Waals surface area contributed by atoms with E-state index in [9.17, 15) is 4.79 Å². The fraction of sp³-hybridized carbons (Fsp3) is 0.320. The van der Waals surface area contributed by atoms with Crippen molar-refractivity contribution in [3.63, 3.8) is 0 Å². The molecule has 1 amide bonds. The van der Waals surface area contributed by atoms with Gasteiger partial charge in [0.2, 0.25) is 0 Å². The van der Waals surface area contributed by atoms with Crippen molar-refractivity contribution in [3.8, 4) is 17.1 Å². The van der Waals surface area contributed by atoms with Crippen molar-refractivity contribution < 1.29 is 9.53 Å². The number of amides is 1. The number of hydrogen-bond acceptors (Lipinski definition) is 7. The second-order valence-electron chi connectivity index (χ2n) is 8.52. The van der Waals surface area contributed by atoms with E-state index in [0.717, 1.165) is 49.2 Å². The smallest absolute Gasteiger partial charge is 0.257 e. The highest BCUT2D eigenvalue weighted by Gasteiger charge is 2.22. The molecular formula is C25H27ClN6O2S. The zero-order valence-corrected chi connectivity index (χ0v) is 21.0. The highest BCUT2D eigenvalue weighted by atomic mass is 35.5. The summed E-state index contributed by atoms with van der Waals surface area (Å²) in [6, 6.07) is 12.1. The molecule has 1 aromatic carbocycles. The first kappa shape index (κ1) is 23.6. The number of imidazole rings is 1. The number of benzene rings is 1. The molecule has 0 aliphatic carbocycles. The molecule has 3 N–H and O–H groups in total. The molecule has 8 nitrogen and oxygen atoms in total. The molecule has 4 aromatic rings. The number of piperidine rings is 1. The first-order valence-electron chi connectivity index (χ1n) is 11.6. The number of anilines is 1. The Hall–Kier alpha value is -3.14. The molecule has 0 unspecified atom stereocenters. The number of halogens is 1. The Morgan fingerprint density at radius 1 is 1.26 bits per heavy atom. The lowest BCUT2D eigenvalue weighted by Crippen LogP contribution is -2.38. The second-order valence-corrected chi connectivity index (χ2v) is 9.96. The van der Waals surface area contributed by atoms with Crippen LogP contribution in [0.1, 0.15) is 17.7 Å². The summed E-state index contributed by atoms with van der Waals surface area (Å²) in [7, 11) is 1.58. The monoisotopic (exact) mass is 510 g/mol. The molecule has 4 heterocycles. The minimum atomic E-state index is -0.178. The predicted octanol–water partition coefficient (Wildman–Crippen LogP) is 4.54. The molecule has 0 spiro atoms. The number of H-pyrrole nitrogens is 1. The number of ether oxygens (including phenoxy) is 1. The number of thiophene rings is 1. The van der Waals surface area contributed by atoms with Crippen molar-refractivity contribution in [2.45, 2.75) is 25.4 Å². The van der Waals surface area contributed by atoms with Gasteiger partial charge in [-0.25, -0.2) is 9.97 Å². The molecule has 5 rings (SSSR count). The SMILES string of the molecule is CNC(=O)COc1ccc(-c2nc3c(NC4CCN(Cc5cccs5)CC4)c(Cl)cnc3[nH]2)cc1. The number of aromatic amines is 1. The van der Waals surface area contributed by atoms with Crippen LogP contribution in [0.5, 0.6) is 5.75 Å². The van der Waals surface area contributed by atoms with Crippen molar-refractivity contribution in [1.29, 1.82) is 0 Å². The van der Waals surface area contributed by atoms with E-state index in [1.54, 1.807) is 13.2 Å². The Morgan fingerprint density at radius 2 is 2.06 bits per heavy atom. The Labute approximate surface area is 212 Å². The summed E-state index contributed by atoms with van der Waals surface area (Å²) >= 11 is 8.37. The number of rotatable bonds is 8. The number of carbonyl (C=O) groups is 1. The van der Waals surface area contributed by atoms with Gasteiger partial charge in [0.15, 0.2) is 12.3 Å². The summed E-state index contributed by atoms with van der Waals surface area (Å²) in [5.41, 5.74) is 3.12. The predicted molar refractivity (Wildman–Crippen MR) is 140 cm³/mol. The molecule has 35 heavy (non-hydrogen) atoms. The molecule has 0 radical (unpaired) electrons. The Kier molecular flexibility index (Phi) is 7.17. The molecule has 1 aliphatic heterocycles. The van der Waals surface area contributed by atoms with Gasteiger partial charge in [-0.15, -0.1) is 11.3 Å². The van der Waals surface area contributed by atoms with Crippen molar-refractivity contribution in [3.05, 3.63) is 57.9 Å². The van der Waals surface area contributed by atoms with Crippen LogP contribution in [-0.4, -0.2) is 58.5 Å². The second kappa shape index (κ2) is 10.6. The van der Waals surface area contributed by atoms with Crippen LogP contribution < -0.4 is 15.4 Å². The van der Waals surface area contributed by atoms with E-state index >= 15 is 0 Å². The van der Waals surface area contributed by atoms with Crippen LogP contribution in [0.15, 0.2) is 48.0 Å². The fourth-order valence-corrected chi connectivity index (χ4v) is 5.14. The van der Waals surface area contributed by atoms with E-state index in [4.69, 9.17) is 21.3 Å². The summed E-state index contributed by atoms with van der Waals surface area (Å²) < 4.78 is 5.48. The van der Waals surface area contributed by atoms with Crippen molar-refractivity contribution in [2.75, 3.05) is 32.1 Å². The first-order valence-corrected chi connectivity index (χ1v) is 12.8. The average Bonchev–Trinajstić information content (AvgIpc) is 3.56. The molecule has 10 heteroatoms. The number of hydrogen-bond donors (Lipinski definition) is 3. The van der Waals surface area contributed by atoms with E-state index in [2.05, 4.69) is 43.0 Å². The van der Waals surface area contributed by atoms with Gasteiger partial charge in [0.25, 0.3) is 5.91 Å². The van der Waals surface area contributed by atoms with Crippen molar-refractivity contribution >= 4 is 45.7 Å².